The number of hydrogen-bond acceptors (Lipinski definition) is 5. The predicted octanol–water partition coefficient (Wildman–Crippen LogP) is 3.76. The number of imide groups is 1. The van der Waals surface area contributed by atoms with Crippen LogP contribution < -0.4 is 15.4 Å². The van der Waals surface area contributed by atoms with Crippen molar-refractivity contribution in [2.75, 3.05) is 5.32 Å². The van der Waals surface area contributed by atoms with Crippen molar-refractivity contribution in [3.63, 3.8) is 0 Å². The van der Waals surface area contributed by atoms with Crippen molar-refractivity contribution in [2.45, 2.75) is 6.92 Å². The standard InChI is InChI=1S/C18H14N2O4S/c1-11(21)19-13-6-8-14(9-7-13)24-15-5-3-2-4-12(15)10-16-17(22)20-18(23)25-16/h2-10H,1H3,(H,19,21)(H,20,22,23)/b16-10-. The average molecular weight is 354 g/mol. The fraction of sp³-hybridized carbons (Fsp3) is 0.0556. The van der Waals surface area contributed by atoms with E-state index in [9.17, 15) is 14.4 Å². The van der Waals surface area contributed by atoms with Gasteiger partial charge in [-0.3, -0.25) is 19.7 Å². The third-order valence-electron chi connectivity index (χ3n) is 3.25. The Morgan fingerprint density at radius 3 is 2.48 bits per heavy atom. The number of hydrogen-bond donors (Lipinski definition) is 2. The number of thioether (sulfide) groups is 1. The highest BCUT2D eigenvalue weighted by molar-refractivity contribution is 8.18. The van der Waals surface area contributed by atoms with E-state index >= 15 is 0 Å². The number of para-hydroxylation sites is 1. The molecule has 126 valence electrons. The van der Waals surface area contributed by atoms with E-state index in [4.69, 9.17) is 4.74 Å². The first-order valence-corrected chi connectivity index (χ1v) is 8.22. The lowest BCUT2D eigenvalue weighted by atomic mass is 10.2. The van der Waals surface area contributed by atoms with Crippen molar-refractivity contribution in [1.82, 2.24) is 5.32 Å². The third kappa shape index (κ3) is 4.27. The monoisotopic (exact) mass is 354 g/mol. The van der Waals surface area contributed by atoms with E-state index in [1.165, 1.54) is 6.92 Å². The van der Waals surface area contributed by atoms with Gasteiger partial charge in [-0.2, -0.15) is 0 Å². The van der Waals surface area contributed by atoms with Gasteiger partial charge in [0.2, 0.25) is 5.91 Å². The molecule has 1 saturated heterocycles. The molecule has 1 heterocycles. The molecule has 7 heteroatoms. The predicted molar refractivity (Wildman–Crippen MR) is 96.4 cm³/mol. The zero-order valence-electron chi connectivity index (χ0n) is 13.2. The van der Waals surface area contributed by atoms with Crippen molar-refractivity contribution in [2.24, 2.45) is 0 Å². The summed E-state index contributed by atoms with van der Waals surface area (Å²) in [5.41, 5.74) is 1.36. The van der Waals surface area contributed by atoms with E-state index in [1.54, 1.807) is 42.5 Å². The van der Waals surface area contributed by atoms with Gasteiger partial charge in [-0.1, -0.05) is 18.2 Å². The number of benzene rings is 2. The van der Waals surface area contributed by atoms with Crippen LogP contribution in [0, 0.1) is 0 Å². The maximum atomic E-state index is 11.7. The zero-order valence-corrected chi connectivity index (χ0v) is 14.1. The van der Waals surface area contributed by atoms with E-state index in [1.807, 2.05) is 12.1 Å². The van der Waals surface area contributed by atoms with Crippen LogP contribution in [0.3, 0.4) is 0 Å². The lowest BCUT2D eigenvalue weighted by Crippen LogP contribution is -2.17. The van der Waals surface area contributed by atoms with Crippen LogP contribution in [-0.4, -0.2) is 17.1 Å². The normalized spacial score (nSPS) is 15.2. The van der Waals surface area contributed by atoms with Crippen molar-refractivity contribution in [3.8, 4) is 11.5 Å². The molecule has 3 amide bonds. The first kappa shape index (κ1) is 16.8. The van der Waals surface area contributed by atoms with Gasteiger partial charge < -0.3 is 10.1 Å². The van der Waals surface area contributed by atoms with Gasteiger partial charge in [0.1, 0.15) is 11.5 Å². The van der Waals surface area contributed by atoms with Crippen molar-refractivity contribution < 1.29 is 19.1 Å². The third-order valence-corrected chi connectivity index (χ3v) is 4.06. The van der Waals surface area contributed by atoms with Crippen molar-refractivity contribution >= 4 is 40.6 Å². The first-order chi connectivity index (χ1) is 12.0. The number of carbonyl (C=O) groups excluding carboxylic acids is 3. The van der Waals surface area contributed by atoms with Crippen LogP contribution >= 0.6 is 11.8 Å². The minimum absolute atomic E-state index is 0.146. The molecule has 25 heavy (non-hydrogen) atoms. The Balaban J connectivity index is 1.82. The minimum Gasteiger partial charge on any atom is -0.457 e. The molecule has 0 unspecified atom stereocenters. The van der Waals surface area contributed by atoms with Gasteiger partial charge in [-0.25, -0.2) is 0 Å². The topological polar surface area (TPSA) is 84.5 Å². The van der Waals surface area contributed by atoms with Gasteiger partial charge in [-0.15, -0.1) is 0 Å². The summed E-state index contributed by atoms with van der Waals surface area (Å²) in [5, 5.41) is 4.52. The SMILES string of the molecule is CC(=O)Nc1ccc(Oc2ccccc2/C=C2\SC(=O)NC2=O)cc1. The van der Waals surface area contributed by atoms with Crippen LogP contribution in [0.1, 0.15) is 12.5 Å². The van der Waals surface area contributed by atoms with Gasteiger partial charge in [-0.05, 0) is 48.2 Å². The molecule has 0 bridgehead atoms. The molecule has 3 rings (SSSR count). The summed E-state index contributed by atoms with van der Waals surface area (Å²) < 4.78 is 5.86. The fourth-order valence-electron chi connectivity index (χ4n) is 2.19. The molecule has 1 aliphatic rings. The molecule has 0 aliphatic carbocycles. The van der Waals surface area contributed by atoms with Crippen LogP contribution in [0.5, 0.6) is 11.5 Å². The number of carbonyl (C=O) groups is 3. The number of nitrogens with one attached hydrogen (secondary N) is 2. The van der Waals surface area contributed by atoms with Crippen molar-refractivity contribution in [1.29, 1.82) is 0 Å². The van der Waals surface area contributed by atoms with Gasteiger partial charge in [0, 0.05) is 18.2 Å². The van der Waals surface area contributed by atoms with E-state index < -0.39 is 5.91 Å². The molecule has 0 atom stereocenters. The van der Waals surface area contributed by atoms with Crippen LogP contribution in [0.15, 0.2) is 53.4 Å². The second kappa shape index (κ2) is 7.23. The Bertz CT molecular complexity index is 875. The largest absolute Gasteiger partial charge is 0.457 e. The molecule has 0 radical (unpaired) electrons. The molecule has 1 aliphatic heterocycles. The summed E-state index contributed by atoms with van der Waals surface area (Å²) in [4.78, 5) is 34.3. The Hall–Kier alpha value is -3.06. The number of anilines is 1. The molecular weight excluding hydrogens is 340 g/mol. The van der Waals surface area contributed by atoms with Crippen LogP contribution in [-0.2, 0) is 9.59 Å². The van der Waals surface area contributed by atoms with Gasteiger partial charge in [0.05, 0.1) is 4.91 Å². The maximum absolute atomic E-state index is 11.7. The highest BCUT2D eigenvalue weighted by atomic mass is 32.2. The maximum Gasteiger partial charge on any atom is 0.290 e. The van der Waals surface area contributed by atoms with Gasteiger partial charge >= 0.3 is 0 Å². The summed E-state index contributed by atoms with van der Waals surface area (Å²) in [6, 6.07) is 14.1. The van der Waals surface area contributed by atoms with E-state index in [2.05, 4.69) is 10.6 Å². The summed E-state index contributed by atoms with van der Waals surface area (Å²) >= 11 is 0.857. The number of ether oxygens (including phenoxy) is 1. The molecule has 0 spiro atoms. The number of rotatable bonds is 4. The van der Waals surface area contributed by atoms with Crippen LogP contribution in [0.2, 0.25) is 0 Å². The quantitative estimate of drug-likeness (QED) is 0.817. The molecule has 0 saturated carbocycles. The fourth-order valence-corrected chi connectivity index (χ4v) is 2.86. The zero-order chi connectivity index (χ0) is 17.8. The van der Waals surface area contributed by atoms with Gasteiger partial charge in [0.25, 0.3) is 11.1 Å². The number of amides is 3. The second-order valence-corrected chi connectivity index (χ2v) is 6.21. The van der Waals surface area contributed by atoms with E-state index in [0.717, 1.165) is 11.8 Å². The highest BCUT2D eigenvalue weighted by Gasteiger charge is 2.25. The van der Waals surface area contributed by atoms with E-state index in [0.29, 0.717) is 27.7 Å². The summed E-state index contributed by atoms with van der Waals surface area (Å²) in [7, 11) is 0. The van der Waals surface area contributed by atoms with Crippen molar-refractivity contribution in [3.05, 3.63) is 59.0 Å². The summed E-state index contributed by atoms with van der Waals surface area (Å²) in [6.45, 7) is 1.44. The molecule has 1 fully saturated rings. The second-order valence-electron chi connectivity index (χ2n) is 5.20. The summed E-state index contributed by atoms with van der Waals surface area (Å²) in [5.74, 6) is 0.576. The highest BCUT2D eigenvalue weighted by Crippen LogP contribution is 2.31. The Labute approximate surface area is 148 Å². The molecule has 2 aromatic carbocycles. The summed E-state index contributed by atoms with van der Waals surface area (Å²) in [6.07, 6.45) is 1.62. The molecule has 0 aromatic heterocycles. The molecule has 2 N–H and O–H groups in total. The Kier molecular flexibility index (Phi) is 4.85. The smallest absolute Gasteiger partial charge is 0.290 e. The van der Waals surface area contributed by atoms with Crippen LogP contribution in [0.25, 0.3) is 6.08 Å². The Morgan fingerprint density at radius 1 is 1.12 bits per heavy atom. The minimum atomic E-state index is -0.413. The van der Waals surface area contributed by atoms with Crippen LogP contribution in [0.4, 0.5) is 10.5 Å². The molecule has 6 nitrogen and oxygen atoms in total. The Morgan fingerprint density at radius 2 is 1.84 bits per heavy atom. The molecule has 2 aromatic rings. The van der Waals surface area contributed by atoms with E-state index in [-0.39, 0.29) is 11.1 Å². The first-order valence-electron chi connectivity index (χ1n) is 7.40. The van der Waals surface area contributed by atoms with Gasteiger partial charge in [0.15, 0.2) is 0 Å². The lowest BCUT2D eigenvalue weighted by molar-refractivity contribution is -0.115. The molecular formula is C18H14N2O4S. The lowest BCUT2D eigenvalue weighted by Gasteiger charge is -2.10. The average Bonchev–Trinajstić information content (AvgIpc) is 2.88.